The lowest BCUT2D eigenvalue weighted by atomic mass is 9.90. The Bertz CT molecular complexity index is 605. The van der Waals surface area contributed by atoms with Crippen LogP contribution in [0.25, 0.3) is 0 Å². The van der Waals surface area contributed by atoms with Crippen LogP contribution in [0.5, 0.6) is 0 Å². The third kappa shape index (κ3) is 2.94. The first kappa shape index (κ1) is 15.9. The van der Waals surface area contributed by atoms with Crippen LogP contribution < -0.4 is 4.90 Å². The number of esters is 1. The molecule has 1 saturated heterocycles. The Kier molecular flexibility index (Phi) is 4.35. The fourth-order valence-corrected chi connectivity index (χ4v) is 3.09. The number of halogens is 2. The zero-order valence-corrected chi connectivity index (χ0v) is 13.2. The maximum atomic E-state index is 11.9. The van der Waals surface area contributed by atoms with E-state index in [2.05, 4.69) is 0 Å². The van der Waals surface area contributed by atoms with Gasteiger partial charge in [-0.3, -0.25) is 4.79 Å². The smallest absolute Gasteiger partial charge is 0.340 e. The number of anilines is 1. The molecule has 114 valence electrons. The number of rotatable bonds is 3. The van der Waals surface area contributed by atoms with Gasteiger partial charge in [-0.05, 0) is 25.5 Å². The summed E-state index contributed by atoms with van der Waals surface area (Å²) in [4.78, 5) is 25.0. The summed E-state index contributed by atoms with van der Waals surface area (Å²) < 4.78 is 4.75. The predicted molar refractivity (Wildman–Crippen MR) is 80.4 cm³/mol. The van der Waals surface area contributed by atoms with Crippen molar-refractivity contribution >= 4 is 40.8 Å². The van der Waals surface area contributed by atoms with Crippen molar-refractivity contribution in [3.63, 3.8) is 0 Å². The van der Waals surface area contributed by atoms with Gasteiger partial charge in [0.25, 0.3) is 0 Å². The minimum atomic E-state index is -0.866. The minimum Gasteiger partial charge on any atom is -0.481 e. The van der Waals surface area contributed by atoms with Crippen molar-refractivity contribution in [2.24, 2.45) is 5.41 Å². The number of carboxylic acid groups (broad SMARTS) is 1. The minimum absolute atomic E-state index is 0.240. The van der Waals surface area contributed by atoms with Gasteiger partial charge in [-0.1, -0.05) is 23.2 Å². The summed E-state index contributed by atoms with van der Waals surface area (Å²) in [5.41, 5.74) is -0.154. The molecular weight excluding hydrogens is 317 g/mol. The molecule has 7 heteroatoms. The monoisotopic (exact) mass is 331 g/mol. The largest absolute Gasteiger partial charge is 0.481 e. The first-order valence-electron chi connectivity index (χ1n) is 6.34. The molecule has 1 atom stereocenters. The van der Waals surface area contributed by atoms with Crippen molar-refractivity contribution < 1.29 is 19.4 Å². The van der Waals surface area contributed by atoms with Gasteiger partial charge in [-0.15, -0.1) is 0 Å². The van der Waals surface area contributed by atoms with Gasteiger partial charge in [0.05, 0.1) is 28.8 Å². The number of nitrogens with zero attached hydrogens (tertiary/aromatic N) is 1. The SMILES string of the molecule is COC(=O)c1cc(Cl)cc(Cl)c1N1CCC(C)(C(=O)O)C1. The molecule has 0 bridgehead atoms. The van der Waals surface area contributed by atoms with E-state index in [1.54, 1.807) is 11.8 Å². The number of hydrogen-bond acceptors (Lipinski definition) is 4. The third-order valence-electron chi connectivity index (χ3n) is 3.74. The molecule has 1 aliphatic heterocycles. The van der Waals surface area contributed by atoms with E-state index < -0.39 is 17.4 Å². The van der Waals surface area contributed by atoms with E-state index in [0.717, 1.165) is 0 Å². The lowest BCUT2D eigenvalue weighted by molar-refractivity contribution is -0.146. The van der Waals surface area contributed by atoms with Gasteiger partial charge in [0.15, 0.2) is 0 Å². The van der Waals surface area contributed by atoms with Crippen LogP contribution in [0.3, 0.4) is 0 Å². The summed E-state index contributed by atoms with van der Waals surface area (Å²) in [6, 6.07) is 3.01. The number of carboxylic acids is 1. The average Bonchev–Trinajstić information content (AvgIpc) is 2.80. The zero-order valence-electron chi connectivity index (χ0n) is 11.7. The van der Waals surface area contributed by atoms with Gasteiger partial charge in [-0.25, -0.2) is 4.79 Å². The molecule has 2 rings (SSSR count). The van der Waals surface area contributed by atoms with Crippen LogP contribution in [0, 0.1) is 5.41 Å². The summed E-state index contributed by atoms with van der Waals surface area (Å²) >= 11 is 12.1. The van der Waals surface area contributed by atoms with Crippen molar-refractivity contribution in [2.45, 2.75) is 13.3 Å². The standard InChI is InChI=1S/C14H15Cl2NO4/c1-14(13(19)20)3-4-17(7-14)11-9(12(18)21-2)5-8(15)6-10(11)16/h5-6H,3-4,7H2,1-2H3,(H,19,20). The quantitative estimate of drug-likeness (QED) is 0.862. The van der Waals surface area contributed by atoms with Crippen LogP contribution in [0.4, 0.5) is 5.69 Å². The molecule has 0 saturated carbocycles. The van der Waals surface area contributed by atoms with Crippen molar-refractivity contribution in [3.8, 4) is 0 Å². The molecule has 0 aromatic heterocycles. The number of carbonyl (C=O) groups excluding carboxylic acids is 1. The van der Waals surface area contributed by atoms with E-state index in [1.165, 1.54) is 19.2 Å². The Hall–Kier alpha value is -1.46. The third-order valence-corrected chi connectivity index (χ3v) is 4.25. The molecule has 1 heterocycles. The van der Waals surface area contributed by atoms with Crippen molar-refractivity contribution in [1.29, 1.82) is 0 Å². The second-order valence-corrected chi connectivity index (χ2v) is 6.16. The molecule has 1 aliphatic rings. The van der Waals surface area contributed by atoms with E-state index in [1.807, 2.05) is 0 Å². The first-order valence-corrected chi connectivity index (χ1v) is 7.10. The molecule has 0 aliphatic carbocycles. The Morgan fingerprint density at radius 3 is 2.57 bits per heavy atom. The molecule has 1 aromatic rings. The van der Waals surface area contributed by atoms with Crippen LogP contribution in [0.15, 0.2) is 12.1 Å². The average molecular weight is 332 g/mol. The van der Waals surface area contributed by atoms with Crippen LogP contribution in [0.1, 0.15) is 23.7 Å². The van der Waals surface area contributed by atoms with Crippen molar-refractivity contribution in [2.75, 3.05) is 25.1 Å². The summed E-state index contributed by atoms with van der Waals surface area (Å²) in [7, 11) is 1.27. The number of ether oxygens (including phenoxy) is 1. The van der Waals surface area contributed by atoms with Gasteiger partial charge >= 0.3 is 11.9 Å². The Morgan fingerprint density at radius 2 is 2.05 bits per heavy atom. The number of benzene rings is 1. The van der Waals surface area contributed by atoms with Gasteiger partial charge in [0, 0.05) is 18.1 Å². The molecular formula is C14H15Cl2NO4. The number of carbonyl (C=O) groups is 2. The first-order chi connectivity index (χ1) is 9.78. The topological polar surface area (TPSA) is 66.8 Å². The van der Waals surface area contributed by atoms with Gasteiger partial charge in [0.2, 0.25) is 0 Å². The molecule has 1 unspecified atom stereocenters. The Morgan fingerprint density at radius 1 is 1.38 bits per heavy atom. The van der Waals surface area contributed by atoms with Gasteiger partial charge in [-0.2, -0.15) is 0 Å². The summed E-state index contributed by atoms with van der Waals surface area (Å²) in [6.45, 7) is 2.44. The Balaban J connectivity index is 2.45. The van der Waals surface area contributed by atoms with E-state index in [0.29, 0.717) is 28.7 Å². The zero-order chi connectivity index (χ0) is 15.8. The van der Waals surface area contributed by atoms with E-state index in [-0.39, 0.29) is 12.1 Å². The highest BCUT2D eigenvalue weighted by molar-refractivity contribution is 6.37. The molecule has 0 amide bonds. The fraction of sp³-hybridized carbons (Fsp3) is 0.429. The van der Waals surface area contributed by atoms with E-state index in [9.17, 15) is 14.7 Å². The number of methoxy groups -OCH3 is 1. The van der Waals surface area contributed by atoms with E-state index >= 15 is 0 Å². The molecule has 1 fully saturated rings. The van der Waals surface area contributed by atoms with Gasteiger partial charge in [0.1, 0.15) is 0 Å². The molecule has 5 nitrogen and oxygen atoms in total. The van der Waals surface area contributed by atoms with Crippen molar-refractivity contribution in [3.05, 3.63) is 27.7 Å². The molecule has 0 radical (unpaired) electrons. The number of aliphatic carboxylic acids is 1. The highest BCUT2D eigenvalue weighted by Crippen LogP contribution is 2.40. The molecule has 21 heavy (non-hydrogen) atoms. The van der Waals surface area contributed by atoms with Crippen LogP contribution >= 0.6 is 23.2 Å². The van der Waals surface area contributed by atoms with Gasteiger partial charge < -0.3 is 14.7 Å². The maximum absolute atomic E-state index is 11.9. The molecule has 0 spiro atoms. The molecule has 1 aromatic carbocycles. The van der Waals surface area contributed by atoms with Crippen LogP contribution in [-0.2, 0) is 9.53 Å². The Labute approximate surface area is 132 Å². The lowest BCUT2D eigenvalue weighted by Gasteiger charge is -2.24. The summed E-state index contributed by atoms with van der Waals surface area (Å²) in [6.07, 6.45) is 0.474. The maximum Gasteiger partial charge on any atom is 0.340 e. The fourth-order valence-electron chi connectivity index (χ4n) is 2.48. The second kappa shape index (κ2) is 5.73. The van der Waals surface area contributed by atoms with Crippen molar-refractivity contribution in [1.82, 2.24) is 0 Å². The lowest BCUT2D eigenvalue weighted by Crippen LogP contribution is -2.32. The summed E-state index contributed by atoms with van der Waals surface area (Å²) in [5.74, 6) is -1.42. The highest BCUT2D eigenvalue weighted by Gasteiger charge is 2.42. The normalized spacial score (nSPS) is 21.4. The number of hydrogen-bond donors (Lipinski definition) is 1. The second-order valence-electron chi connectivity index (χ2n) is 5.31. The summed E-state index contributed by atoms with van der Waals surface area (Å²) in [5, 5.41) is 9.93. The highest BCUT2D eigenvalue weighted by atomic mass is 35.5. The van der Waals surface area contributed by atoms with Crippen LogP contribution in [-0.4, -0.2) is 37.2 Å². The van der Waals surface area contributed by atoms with Crippen LogP contribution in [0.2, 0.25) is 10.0 Å². The molecule has 1 N–H and O–H groups in total. The predicted octanol–water partition coefficient (Wildman–Crippen LogP) is 3.08. The van der Waals surface area contributed by atoms with E-state index in [4.69, 9.17) is 27.9 Å².